The minimum atomic E-state index is 0. The van der Waals surface area contributed by atoms with Gasteiger partial charge in [-0.2, -0.15) is 17.1 Å². The molecule has 9 heavy (non-hydrogen) atoms. The van der Waals surface area contributed by atoms with Gasteiger partial charge in [-0.1, -0.05) is 0 Å². The van der Waals surface area contributed by atoms with Crippen molar-refractivity contribution in [3.05, 3.63) is 19.8 Å². The first kappa shape index (κ1) is 8.50. The molecule has 0 bridgehead atoms. The minimum Gasteiger partial charge on any atom is -0.638 e. The maximum Gasteiger partial charge on any atom is 2.00 e. The average molecular weight is 294 g/mol. The first-order valence-electron chi connectivity index (χ1n) is 1.97. The van der Waals surface area contributed by atoms with Gasteiger partial charge in [-0.25, -0.2) is 4.98 Å². The molecule has 0 saturated carbocycles. The molecule has 1 heterocycles. The second-order valence-electron chi connectivity index (χ2n) is 1.07. The molecular weight excluding hydrogens is 290 g/mol. The van der Waals surface area contributed by atoms with Crippen molar-refractivity contribution in [3.63, 3.8) is 0 Å². The van der Waals surface area contributed by atoms with Gasteiger partial charge >= 0.3 is 21.1 Å². The monoisotopic (exact) mass is 294 g/mol. The fourth-order valence-corrected chi connectivity index (χ4v) is 0.303. The Hall–Kier alpha value is -0.502. The van der Waals surface area contributed by atoms with Crippen LogP contribution in [0, 0.1) is 7.11 Å². The summed E-state index contributed by atoms with van der Waals surface area (Å²) in [5.41, 5.74) is 0. The predicted molar refractivity (Wildman–Crippen MR) is 25.8 cm³/mol. The van der Waals surface area contributed by atoms with Gasteiger partial charge < -0.3 is 4.74 Å². The topological polar surface area (TPSA) is 47.9 Å². The van der Waals surface area contributed by atoms with Crippen molar-refractivity contribution in [1.82, 2.24) is 15.0 Å². The van der Waals surface area contributed by atoms with Crippen LogP contribution < -0.4 is 4.74 Å². The summed E-state index contributed by atoms with van der Waals surface area (Å²) < 4.78 is 4.40. The van der Waals surface area contributed by atoms with Crippen LogP contribution in [0.4, 0.5) is 0 Å². The summed E-state index contributed by atoms with van der Waals surface area (Å²) in [5, 5.41) is 0. The summed E-state index contributed by atoms with van der Waals surface area (Å²) in [6, 6.07) is 0.236. The van der Waals surface area contributed by atoms with E-state index in [0.29, 0.717) is 0 Å². The van der Waals surface area contributed by atoms with Crippen molar-refractivity contribution in [2.45, 2.75) is 0 Å². The molecule has 0 atom stereocenters. The second kappa shape index (κ2) is 4.38. The van der Waals surface area contributed by atoms with E-state index in [1.807, 2.05) is 0 Å². The zero-order valence-corrected chi connectivity index (χ0v) is 7.45. The Labute approximate surface area is 67.0 Å². The second-order valence-corrected chi connectivity index (χ2v) is 1.07. The zero-order chi connectivity index (χ0) is 5.82. The van der Waals surface area contributed by atoms with E-state index in [4.69, 9.17) is 0 Å². The number of nitrogens with zero attached hydrogens (tertiary/aromatic N) is 3. The molecule has 0 saturated heterocycles. The van der Waals surface area contributed by atoms with Crippen LogP contribution in [0.15, 0.2) is 12.7 Å². The molecule has 4 nitrogen and oxygen atoms in total. The molecule has 1 rings (SSSR count). The van der Waals surface area contributed by atoms with Crippen LogP contribution in [-0.4, -0.2) is 15.0 Å². The van der Waals surface area contributed by atoms with Crippen molar-refractivity contribution in [3.8, 4) is 6.01 Å². The molecule has 0 fully saturated rings. The number of rotatable bonds is 1. The van der Waals surface area contributed by atoms with E-state index in [1.165, 1.54) is 12.7 Å². The summed E-state index contributed by atoms with van der Waals surface area (Å²) in [4.78, 5) is 10.7. The van der Waals surface area contributed by atoms with Crippen molar-refractivity contribution >= 4 is 0 Å². The molecule has 0 spiro atoms. The molecule has 0 radical (unpaired) electrons. The van der Waals surface area contributed by atoms with Crippen molar-refractivity contribution < 1.29 is 25.8 Å². The Bertz CT molecular complexity index is 157. The largest absolute Gasteiger partial charge is 2.00 e. The normalized spacial score (nSPS) is 7.67. The number of aromatic nitrogens is 3. The van der Waals surface area contributed by atoms with Gasteiger partial charge in [0.15, 0.2) is 0 Å². The molecule has 5 heteroatoms. The Morgan fingerprint density at radius 1 is 1.33 bits per heavy atom. The first-order valence-corrected chi connectivity index (χ1v) is 1.97. The molecule has 0 unspecified atom stereocenters. The van der Waals surface area contributed by atoms with E-state index in [-0.39, 0.29) is 27.1 Å². The third-order valence-corrected chi connectivity index (χ3v) is 0.599. The maximum atomic E-state index is 4.40. The van der Waals surface area contributed by atoms with E-state index in [0.717, 1.165) is 0 Å². The Morgan fingerprint density at radius 3 is 2.22 bits per heavy atom. The first-order chi connectivity index (χ1) is 3.93. The Balaban J connectivity index is 0.000000640. The molecule has 0 aliphatic heterocycles. The van der Waals surface area contributed by atoms with Crippen LogP contribution >= 0.6 is 0 Å². The molecule has 0 N–H and O–H groups in total. The van der Waals surface area contributed by atoms with Gasteiger partial charge in [0.2, 0.25) is 0 Å². The van der Waals surface area contributed by atoms with Crippen molar-refractivity contribution in [2.75, 3.05) is 0 Å². The number of hydrogen-bond acceptors (Lipinski definition) is 4. The van der Waals surface area contributed by atoms with E-state index in [1.54, 1.807) is 0 Å². The molecule has 46 valence electrons. The summed E-state index contributed by atoms with van der Waals surface area (Å²) in [6.07, 6.45) is 2.68. The van der Waals surface area contributed by atoms with Crippen molar-refractivity contribution in [2.24, 2.45) is 0 Å². The smallest absolute Gasteiger partial charge is 0.638 e. The molecule has 0 aromatic carbocycles. The van der Waals surface area contributed by atoms with E-state index in [2.05, 4.69) is 26.8 Å². The third kappa shape index (κ3) is 2.51. The molecule has 1 aromatic heterocycles. The minimum absolute atomic E-state index is 0. The molecular formula is C4H4N3OW+. The summed E-state index contributed by atoms with van der Waals surface area (Å²) >= 11 is 0. The third-order valence-electron chi connectivity index (χ3n) is 0.599. The molecule has 1 aromatic rings. The van der Waals surface area contributed by atoms with Gasteiger partial charge in [0.05, 0.1) is 0 Å². The number of ether oxygens (including phenoxy) is 1. The molecule has 0 amide bonds. The standard InChI is InChI=1S/C4H4N3O.W/c1-8-4-6-2-5-3-7-4;/h2-3H,1H2;/q-1;+2. The summed E-state index contributed by atoms with van der Waals surface area (Å²) in [6.45, 7) is 0. The van der Waals surface area contributed by atoms with Crippen LogP contribution in [0.3, 0.4) is 0 Å². The van der Waals surface area contributed by atoms with Gasteiger partial charge in [-0.05, 0) is 0 Å². The zero-order valence-electron chi connectivity index (χ0n) is 4.52. The Morgan fingerprint density at radius 2 is 1.89 bits per heavy atom. The van der Waals surface area contributed by atoms with Crippen molar-refractivity contribution in [1.29, 1.82) is 0 Å². The average Bonchev–Trinajstić information content (AvgIpc) is 1.90. The van der Waals surface area contributed by atoms with Gasteiger partial charge in [0.25, 0.3) is 6.01 Å². The van der Waals surface area contributed by atoms with Crippen LogP contribution in [0.25, 0.3) is 0 Å². The van der Waals surface area contributed by atoms with Crippen LogP contribution in [0.1, 0.15) is 0 Å². The van der Waals surface area contributed by atoms with Gasteiger partial charge in [-0.15, -0.1) is 0 Å². The predicted octanol–water partition coefficient (Wildman–Crippen LogP) is 0.0395. The molecule has 0 aliphatic rings. The summed E-state index contributed by atoms with van der Waals surface area (Å²) in [5.74, 6) is 0. The summed E-state index contributed by atoms with van der Waals surface area (Å²) in [7, 11) is 3.10. The van der Waals surface area contributed by atoms with E-state index >= 15 is 0 Å². The maximum absolute atomic E-state index is 4.40. The van der Waals surface area contributed by atoms with Gasteiger partial charge in [0.1, 0.15) is 12.7 Å². The fourth-order valence-electron chi connectivity index (χ4n) is 0.303. The van der Waals surface area contributed by atoms with Gasteiger partial charge in [0, 0.05) is 0 Å². The van der Waals surface area contributed by atoms with E-state index in [9.17, 15) is 0 Å². The van der Waals surface area contributed by atoms with Crippen LogP contribution in [0.5, 0.6) is 6.01 Å². The molecule has 0 aliphatic carbocycles. The van der Waals surface area contributed by atoms with Crippen LogP contribution in [-0.2, 0) is 21.1 Å². The SMILES string of the molecule is [CH2-]Oc1ncncn1.[W+2]. The van der Waals surface area contributed by atoms with Crippen LogP contribution in [0.2, 0.25) is 0 Å². The quantitative estimate of drug-likeness (QED) is 0.686. The fraction of sp³-hybridized carbons (Fsp3) is 0. The number of hydrogen-bond donors (Lipinski definition) is 0. The van der Waals surface area contributed by atoms with Gasteiger partial charge in [-0.3, -0.25) is 0 Å². The van der Waals surface area contributed by atoms with E-state index < -0.39 is 0 Å². The Kier molecular flexibility index (Phi) is 4.14.